The molecule has 208 valence electrons. The van der Waals surface area contributed by atoms with Gasteiger partial charge in [-0.2, -0.15) is 0 Å². The zero-order chi connectivity index (χ0) is 29.4. The average Bonchev–Trinajstić information content (AvgIpc) is 2.98. The van der Waals surface area contributed by atoms with Gasteiger partial charge < -0.3 is 29.7 Å². The molecule has 0 unspecified atom stereocenters. The number of rotatable bonds is 5. The molecule has 0 aliphatic carbocycles. The van der Waals surface area contributed by atoms with Crippen molar-refractivity contribution in [3.8, 4) is 11.5 Å². The van der Waals surface area contributed by atoms with Gasteiger partial charge in [-0.15, -0.1) is 0 Å². The van der Waals surface area contributed by atoms with E-state index in [4.69, 9.17) is 21.1 Å². The maximum Gasteiger partial charge on any atom is 0.344 e. The van der Waals surface area contributed by atoms with Crippen molar-refractivity contribution in [3.05, 3.63) is 140 Å². The molecule has 9 heteroatoms. The second-order valence-corrected chi connectivity index (χ2v) is 10.2. The molecule has 0 bridgehead atoms. The molecule has 4 aromatic carbocycles. The molecule has 0 saturated carbocycles. The van der Waals surface area contributed by atoms with Gasteiger partial charge in [0.15, 0.2) is 5.11 Å². The molecule has 0 saturated heterocycles. The topological polar surface area (TPSA) is 125 Å². The second kappa shape index (κ2) is 10.9. The largest absolute Gasteiger partial charge is 0.507 e. The summed E-state index contributed by atoms with van der Waals surface area (Å²) in [6, 6.07) is 27.6. The summed E-state index contributed by atoms with van der Waals surface area (Å²) >= 11 is 5.48. The molecule has 2 heterocycles. The van der Waals surface area contributed by atoms with E-state index in [2.05, 4.69) is 10.6 Å². The number of aryl methyl sites for hydroxylation is 1. The Bertz CT molecular complexity index is 2000. The SMILES string of the molecule is Cc1ccccc1NC(=S)Nc1ccc(C(c2c(O)c3ccccc3oc2=O)c2c(O)c3ccccc3oc2=O)cc1. The Hall–Kier alpha value is -5.41. The van der Waals surface area contributed by atoms with Crippen molar-refractivity contribution >= 4 is 50.6 Å². The molecular weight excluding hydrogens is 552 g/mol. The van der Waals surface area contributed by atoms with Crippen molar-refractivity contribution in [2.45, 2.75) is 12.8 Å². The van der Waals surface area contributed by atoms with Crippen molar-refractivity contribution in [1.82, 2.24) is 0 Å². The molecule has 4 N–H and O–H groups in total. The summed E-state index contributed by atoms with van der Waals surface area (Å²) in [6.45, 7) is 1.97. The quantitative estimate of drug-likeness (QED) is 0.133. The zero-order valence-electron chi connectivity index (χ0n) is 22.3. The lowest BCUT2D eigenvalue weighted by Gasteiger charge is -2.20. The molecule has 0 atom stereocenters. The molecule has 42 heavy (non-hydrogen) atoms. The third kappa shape index (κ3) is 4.86. The van der Waals surface area contributed by atoms with Crippen molar-refractivity contribution in [2.75, 3.05) is 10.6 Å². The van der Waals surface area contributed by atoms with Crippen LogP contribution in [0, 0.1) is 6.92 Å². The zero-order valence-corrected chi connectivity index (χ0v) is 23.1. The van der Waals surface area contributed by atoms with E-state index in [-0.39, 0.29) is 44.6 Å². The van der Waals surface area contributed by atoms with E-state index in [9.17, 15) is 19.8 Å². The van der Waals surface area contributed by atoms with Crippen LogP contribution in [-0.2, 0) is 0 Å². The Morgan fingerprint density at radius 1 is 0.690 bits per heavy atom. The lowest BCUT2D eigenvalue weighted by Crippen LogP contribution is -2.21. The summed E-state index contributed by atoms with van der Waals surface area (Å²) < 4.78 is 11.1. The number of aromatic hydroxyl groups is 2. The first-order valence-corrected chi connectivity index (χ1v) is 13.5. The van der Waals surface area contributed by atoms with E-state index in [0.29, 0.717) is 16.4 Å². The third-order valence-electron chi connectivity index (χ3n) is 7.11. The summed E-state index contributed by atoms with van der Waals surface area (Å²) in [6.07, 6.45) is 0. The highest BCUT2D eigenvalue weighted by atomic mass is 32.1. The maximum absolute atomic E-state index is 13.4. The molecule has 0 amide bonds. The lowest BCUT2D eigenvalue weighted by molar-refractivity contribution is 0.441. The number of para-hydroxylation sites is 3. The molecule has 0 spiro atoms. The molecule has 0 aliphatic heterocycles. The molecule has 6 rings (SSSR count). The molecular formula is C33H24N2O6S. The number of fused-ring (bicyclic) bond motifs is 2. The van der Waals surface area contributed by atoms with E-state index in [0.717, 1.165) is 11.3 Å². The minimum atomic E-state index is -1.22. The first kappa shape index (κ1) is 26.8. The van der Waals surface area contributed by atoms with Crippen LogP contribution in [0.2, 0.25) is 0 Å². The average molecular weight is 577 g/mol. The minimum Gasteiger partial charge on any atom is -0.507 e. The normalized spacial score (nSPS) is 11.2. The van der Waals surface area contributed by atoms with Gasteiger partial charge in [0.25, 0.3) is 0 Å². The van der Waals surface area contributed by atoms with Crippen LogP contribution in [0.25, 0.3) is 21.9 Å². The Kier molecular flexibility index (Phi) is 6.93. The summed E-state index contributed by atoms with van der Waals surface area (Å²) in [5.74, 6) is -1.94. The van der Waals surface area contributed by atoms with Crippen molar-refractivity contribution in [2.24, 2.45) is 0 Å². The van der Waals surface area contributed by atoms with Crippen LogP contribution in [0.1, 0.15) is 28.2 Å². The molecule has 8 nitrogen and oxygen atoms in total. The minimum absolute atomic E-state index is 0.187. The third-order valence-corrected chi connectivity index (χ3v) is 7.32. The summed E-state index contributed by atoms with van der Waals surface area (Å²) in [4.78, 5) is 26.7. The summed E-state index contributed by atoms with van der Waals surface area (Å²) in [7, 11) is 0. The van der Waals surface area contributed by atoms with E-state index >= 15 is 0 Å². The van der Waals surface area contributed by atoms with Gasteiger partial charge in [0.1, 0.15) is 22.7 Å². The Balaban J connectivity index is 1.47. The molecule has 2 aromatic heterocycles. The molecule has 6 aromatic rings. The molecule has 0 fully saturated rings. The lowest BCUT2D eigenvalue weighted by atomic mass is 9.84. The second-order valence-electron chi connectivity index (χ2n) is 9.74. The van der Waals surface area contributed by atoms with E-state index in [1.54, 1.807) is 72.8 Å². The van der Waals surface area contributed by atoms with Gasteiger partial charge in [0.2, 0.25) is 0 Å². The summed E-state index contributed by atoms with van der Waals surface area (Å²) in [5.41, 5.74) is 1.21. The van der Waals surface area contributed by atoms with E-state index in [1.165, 1.54) is 0 Å². The molecule has 0 radical (unpaired) electrons. The van der Waals surface area contributed by atoms with Gasteiger partial charge in [0, 0.05) is 11.4 Å². The van der Waals surface area contributed by atoms with Crippen LogP contribution in [0.4, 0.5) is 11.4 Å². The van der Waals surface area contributed by atoms with Gasteiger partial charge in [-0.1, -0.05) is 54.6 Å². The van der Waals surface area contributed by atoms with Crippen molar-refractivity contribution < 1.29 is 19.0 Å². The Labute approximate surface area is 244 Å². The maximum atomic E-state index is 13.4. The van der Waals surface area contributed by atoms with Gasteiger partial charge in [0.05, 0.1) is 27.8 Å². The smallest absolute Gasteiger partial charge is 0.344 e. The van der Waals surface area contributed by atoms with Gasteiger partial charge >= 0.3 is 11.3 Å². The standard InChI is InChI=1S/C33H24N2O6S/c1-18-8-2-5-11-23(18)35-33(42)34-20-16-14-19(15-17-20)26(27-29(36)21-9-3-6-12-24(21)40-31(27)38)28-30(37)22-10-4-7-13-25(22)41-32(28)39/h2-17,26,36-37H,1H3,(H2,34,35,42). The van der Waals surface area contributed by atoms with E-state index < -0.39 is 17.2 Å². The van der Waals surface area contributed by atoms with Crippen LogP contribution < -0.4 is 21.9 Å². The van der Waals surface area contributed by atoms with Crippen molar-refractivity contribution in [1.29, 1.82) is 0 Å². The van der Waals surface area contributed by atoms with Crippen LogP contribution in [0.5, 0.6) is 11.5 Å². The number of nitrogens with one attached hydrogen (secondary N) is 2. The molecule has 0 aliphatic rings. The van der Waals surface area contributed by atoms with Crippen LogP contribution in [0.3, 0.4) is 0 Å². The number of thiocarbonyl (C=S) groups is 1. The first-order valence-electron chi connectivity index (χ1n) is 13.0. The van der Waals surface area contributed by atoms with Crippen LogP contribution >= 0.6 is 12.2 Å². The van der Waals surface area contributed by atoms with Gasteiger partial charge in [-0.3, -0.25) is 0 Å². The fourth-order valence-electron chi connectivity index (χ4n) is 5.04. The highest BCUT2D eigenvalue weighted by Crippen LogP contribution is 2.42. The highest BCUT2D eigenvalue weighted by Gasteiger charge is 2.32. The Morgan fingerprint density at radius 3 is 1.74 bits per heavy atom. The first-order chi connectivity index (χ1) is 20.3. The van der Waals surface area contributed by atoms with Crippen LogP contribution in [0.15, 0.2) is 115 Å². The predicted octanol–water partition coefficient (Wildman–Crippen LogP) is 6.61. The number of hydrogen-bond acceptors (Lipinski definition) is 7. The van der Waals surface area contributed by atoms with Gasteiger partial charge in [-0.05, 0) is 72.7 Å². The van der Waals surface area contributed by atoms with Crippen molar-refractivity contribution in [3.63, 3.8) is 0 Å². The van der Waals surface area contributed by atoms with Crippen LogP contribution in [-0.4, -0.2) is 15.3 Å². The monoisotopic (exact) mass is 576 g/mol. The predicted molar refractivity (Wildman–Crippen MR) is 167 cm³/mol. The number of benzene rings is 4. The Morgan fingerprint density at radius 2 is 1.19 bits per heavy atom. The fourth-order valence-corrected chi connectivity index (χ4v) is 5.27. The highest BCUT2D eigenvalue weighted by molar-refractivity contribution is 7.80. The van der Waals surface area contributed by atoms with E-state index in [1.807, 2.05) is 31.2 Å². The summed E-state index contributed by atoms with van der Waals surface area (Å²) in [5, 5.41) is 29.9. The number of hydrogen-bond donors (Lipinski definition) is 4. The number of anilines is 2. The van der Waals surface area contributed by atoms with Gasteiger partial charge in [-0.25, -0.2) is 9.59 Å². The fraction of sp³-hybridized carbons (Fsp3) is 0.0606.